The number of hydrogen-bond donors (Lipinski definition) is 1. The first-order chi connectivity index (χ1) is 8.06. The molecule has 1 N–H and O–H groups in total. The third-order valence-electron chi connectivity index (χ3n) is 4.26. The van der Waals surface area contributed by atoms with Crippen molar-refractivity contribution < 1.29 is 4.74 Å². The molecule has 0 aromatic heterocycles. The van der Waals surface area contributed by atoms with Crippen LogP contribution in [-0.2, 0) is 4.74 Å². The van der Waals surface area contributed by atoms with Gasteiger partial charge in [0, 0.05) is 18.7 Å². The molecule has 1 aliphatic rings. The second-order valence-electron chi connectivity index (χ2n) is 6.09. The zero-order valence-electron chi connectivity index (χ0n) is 12.3. The van der Waals surface area contributed by atoms with E-state index < -0.39 is 0 Å². The fourth-order valence-electron chi connectivity index (χ4n) is 2.94. The van der Waals surface area contributed by atoms with Crippen molar-refractivity contribution in [1.29, 1.82) is 0 Å². The highest BCUT2D eigenvalue weighted by atomic mass is 16.5. The summed E-state index contributed by atoms with van der Waals surface area (Å²) in [6, 6.07) is 1.18. The van der Waals surface area contributed by atoms with Gasteiger partial charge in [-0.2, -0.15) is 0 Å². The second kappa shape index (κ2) is 7.38. The summed E-state index contributed by atoms with van der Waals surface area (Å²) >= 11 is 0. The largest absolute Gasteiger partial charge is 0.380 e. The van der Waals surface area contributed by atoms with E-state index in [1.807, 2.05) is 0 Å². The van der Waals surface area contributed by atoms with Gasteiger partial charge < -0.3 is 10.1 Å². The number of ether oxygens (including phenoxy) is 1. The van der Waals surface area contributed by atoms with Crippen LogP contribution >= 0.6 is 0 Å². The first-order valence-electron chi connectivity index (χ1n) is 7.40. The van der Waals surface area contributed by atoms with Gasteiger partial charge in [0.1, 0.15) is 0 Å². The Morgan fingerprint density at radius 3 is 2.24 bits per heavy atom. The van der Waals surface area contributed by atoms with Crippen molar-refractivity contribution in [2.45, 2.75) is 66.0 Å². The van der Waals surface area contributed by atoms with Crippen LogP contribution in [-0.4, -0.2) is 25.3 Å². The van der Waals surface area contributed by atoms with Gasteiger partial charge in [-0.05, 0) is 37.5 Å². The summed E-state index contributed by atoms with van der Waals surface area (Å²) < 4.78 is 5.61. The van der Waals surface area contributed by atoms with Crippen LogP contribution in [0.1, 0.15) is 53.9 Å². The Kier molecular flexibility index (Phi) is 6.50. The van der Waals surface area contributed by atoms with E-state index in [9.17, 15) is 0 Å². The zero-order valence-corrected chi connectivity index (χ0v) is 12.3. The van der Waals surface area contributed by atoms with Gasteiger partial charge >= 0.3 is 0 Å². The molecule has 0 bridgehead atoms. The van der Waals surface area contributed by atoms with E-state index in [0.717, 1.165) is 25.0 Å². The molecule has 3 unspecified atom stereocenters. The van der Waals surface area contributed by atoms with E-state index in [2.05, 4.69) is 39.9 Å². The van der Waals surface area contributed by atoms with Gasteiger partial charge in [0.05, 0.1) is 6.61 Å². The smallest absolute Gasteiger partial charge is 0.0622 e. The Balaban J connectivity index is 2.51. The zero-order chi connectivity index (χ0) is 12.8. The fourth-order valence-corrected chi connectivity index (χ4v) is 2.94. The molecule has 0 aliphatic heterocycles. The van der Waals surface area contributed by atoms with Crippen LogP contribution in [0, 0.1) is 17.8 Å². The molecule has 0 aromatic rings. The van der Waals surface area contributed by atoms with E-state index in [0.29, 0.717) is 18.0 Å². The average Bonchev–Trinajstić information content (AvgIpc) is 2.27. The molecule has 17 heavy (non-hydrogen) atoms. The highest BCUT2D eigenvalue weighted by Crippen LogP contribution is 2.29. The molecular formula is C15H31NO. The minimum atomic E-state index is 0.503. The summed E-state index contributed by atoms with van der Waals surface area (Å²) in [5.74, 6) is 2.26. The molecule has 1 aliphatic carbocycles. The minimum Gasteiger partial charge on any atom is -0.380 e. The topological polar surface area (TPSA) is 21.3 Å². The van der Waals surface area contributed by atoms with Crippen molar-refractivity contribution in [3.05, 3.63) is 0 Å². The predicted octanol–water partition coefficient (Wildman–Crippen LogP) is 3.46. The number of rotatable bonds is 6. The van der Waals surface area contributed by atoms with Gasteiger partial charge in [-0.25, -0.2) is 0 Å². The lowest BCUT2D eigenvalue weighted by atomic mass is 9.78. The third-order valence-corrected chi connectivity index (χ3v) is 4.26. The van der Waals surface area contributed by atoms with Crippen molar-refractivity contribution in [2.75, 3.05) is 13.2 Å². The van der Waals surface area contributed by atoms with Gasteiger partial charge in [-0.1, -0.05) is 34.1 Å². The number of nitrogens with one attached hydrogen (secondary N) is 1. The summed E-state index contributed by atoms with van der Waals surface area (Å²) in [7, 11) is 0. The van der Waals surface area contributed by atoms with Gasteiger partial charge in [0.2, 0.25) is 0 Å². The van der Waals surface area contributed by atoms with Crippen LogP contribution in [0.3, 0.4) is 0 Å². The molecule has 3 atom stereocenters. The van der Waals surface area contributed by atoms with Crippen LogP contribution in [0.25, 0.3) is 0 Å². The lowest BCUT2D eigenvalue weighted by Gasteiger charge is -2.39. The van der Waals surface area contributed by atoms with Crippen molar-refractivity contribution in [2.24, 2.45) is 17.8 Å². The average molecular weight is 241 g/mol. The maximum absolute atomic E-state index is 5.61. The Bertz CT molecular complexity index is 195. The monoisotopic (exact) mass is 241 g/mol. The molecule has 0 radical (unpaired) electrons. The van der Waals surface area contributed by atoms with Gasteiger partial charge in [-0.15, -0.1) is 0 Å². The number of hydrogen-bond acceptors (Lipinski definition) is 2. The predicted molar refractivity (Wildman–Crippen MR) is 74.2 cm³/mol. The van der Waals surface area contributed by atoms with E-state index >= 15 is 0 Å². The Morgan fingerprint density at radius 2 is 1.76 bits per heavy atom. The molecular weight excluding hydrogens is 210 g/mol. The highest BCUT2D eigenvalue weighted by molar-refractivity contribution is 4.86. The third kappa shape index (κ3) is 4.59. The normalized spacial score (nSPS) is 31.8. The van der Waals surface area contributed by atoms with Crippen molar-refractivity contribution in [3.8, 4) is 0 Å². The van der Waals surface area contributed by atoms with E-state index in [-0.39, 0.29) is 0 Å². The van der Waals surface area contributed by atoms with Crippen LogP contribution < -0.4 is 5.32 Å². The first kappa shape index (κ1) is 15.0. The van der Waals surface area contributed by atoms with E-state index in [4.69, 9.17) is 4.74 Å². The molecule has 0 amide bonds. The Morgan fingerprint density at radius 1 is 1.18 bits per heavy atom. The maximum Gasteiger partial charge on any atom is 0.0622 e. The lowest BCUT2D eigenvalue weighted by Crippen LogP contribution is -2.51. The molecule has 0 heterocycles. The molecule has 1 saturated carbocycles. The van der Waals surface area contributed by atoms with Crippen LogP contribution in [0.5, 0.6) is 0 Å². The minimum absolute atomic E-state index is 0.503. The lowest BCUT2D eigenvalue weighted by molar-refractivity contribution is 0.0860. The van der Waals surface area contributed by atoms with Crippen molar-refractivity contribution >= 4 is 0 Å². The Labute approximate surface area is 108 Å². The van der Waals surface area contributed by atoms with Crippen molar-refractivity contribution in [3.63, 3.8) is 0 Å². The summed E-state index contributed by atoms with van der Waals surface area (Å²) in [4.78, 5) is 0. The SMILES string of the molecule is CCOCC(NC1C(C)CCCC1C)C(C)C. The fraction of sp³-hybridized carbons (Fsp3) is 1.00. The van der Waals surface area contributed by atoms with E-state index in [1.54, 1.807) is 0 Å². The van der Waals surface area contributed by atoms with Crippen molar-refractivity contribution in [1.82, 2.24) is 5.32 Å². The summed E-state index contributed by atoms with van der Waals surface area (Å²) in [5.41, 5.74) is 0. The molecule has 2 heteroatoms. The van der Waals surface area contributed by atoms with Gasteiger partial charge in [-0.3, -0.25) is 0 Å². The standard InChI is InChI=1S/C15H31NO/c1-6-17-10-14(11(2)3)16-15-12(4)8-7-9-13(15)5/h11-16H,6-10H2,1-5H3. The first-order valence-corrected chi connectivity index (χ1v) is 7.40. The van der Waals surface area contributed by atoms with Gasteiger partial charge in [0.25, 0.3) is 0 Å². The summed E-state index contributed by atoms with van der Waals surface area (Å²) in [6.45, 7) is 13.1. The summed E-state index contributed by atoms with van der Waals surface area (Å²) in [5, 5.41) is 3.86. The maximum atomic E-state index is 5.61. The van der Waals surface area contributed by atoms with Gasteiger partial charge in [0.15, 0.2) is 0 Å². The molecule has 0 aromatic carbocycles. The second-order valence-corrected chi connectivity index (χ2v) is 6.09. The molecule has 0 spiro atoms. The van der Waals surface area contributed by atoms with Crippen LogP contribution in [0.2, 0.25) is 0 Å². The molecule has 1 rings (SSSR count). The summed E-state index contributed by atoms with van der Waals surface area (Å²) in [6.07, 6.45) is 4.15. The van der Waals surface area contributed by atoms with E-state index in [1.165, 1.54) is 19.3 Å². The molecule has 0 saturated heterocycles. The van der Waals surface area contributed by atoms with Crippen LogP contribution in [0.4, 0.5) is 0 Å². The van der Waals surface area contributed by atoms with Crippen LogP contribution in [0.15, 0.2) is 0 Å². The molecule has 1 fully saturated rings. The molecule has 2 nitrogen and oxygen atoms in total. The highest BCUT2D eigenvalue weighted by Gasteiger charge is 2.30. The quantitative estimate of drug-likeness (QED) is 0.769. The molecule has 102 valence electrons. The Hall–Kier alpha value is -0.0800.